The first-order chi connectivity index (χ1) is 17.6. The lowest BCUT2D eigenvalue weighted by Crippen LogP contribution is -2.18. The van der Waals surface area contributed by atoms with Gasteiger partial charge in [-0.3, -0.25) is 0 Å². The lowest BCUT2D eigenvalue weighted by atomic mass is 10.00. The van der Waals surface area contributed by atoms with Crippen molar-refractivity contribution in [3.05, 3.63) is 29.6 Å². The molecular formula is C30H51NO5. The van der Waals surface area contributed by atoms with E-state index in [4.69, 9.17) is 14.2 Å². The normalized spacial score (nSPS) is 11.9. The molecule has 0 N–H and O–H groups in total. The molecule has 0 aliphatic heterocycles. The highest BCUT2D eigenvalue weighted by Crippen LogP contribution is 2.15. The van der Waals surface area contributed by atoms with Gasteiger partial charge in [-0.15, -0.1) is 0 Å². The molecule has 1 aromatic rings. The number of esters is 2. The van der Waals surface area contributed by atoms with Crippen LogP contribution < -0.4 is 0 Å². The molecule has 6 heteroatoms. The molecule has 6 nitrogen and oxygen atoms in total. The first-order valence-corrected chi connectivity index (χ1v) is 14.4. The quantitative estimate of drug-likeness (QED) is 0.111. The van der Waals surface area contributed by atoms with Gasteiger partial charge >= 0.3 is 11.9 Å². The molecule has 206 valence electrons. The van der Waals surface area contributed by atoms with Crippen LogP contribution in [-0.2, 0) is 14.2 Å². The Bertz CT molecular complexity index is 686. The molecule has 0 aliphatic rings. The van der Waals surface area contributed by atoms with E-state index >= 15 is 0 Å². The number of hydrogen-bond donors (Lipinski definition) is 0. The van der Waals surface area contributed by atoms with E-state index in [0.717, 1.165) is 38.5 Å². The van der Waals surface area contributed by atoms with Gasteiger partial charge in [0.25, 0.3) is 0 Å². The molecule has 0 bridgehead atoms. The molecule has 0 spiro atoms. The van der Waals surface area contributed by atoms with Crippen LogP contribution >= 0.6 is 0 Å². The van der Waals surface area contributed by atoms with Gasteiger partial charge in [-0.1, -0.05) is 103 Å². The Morgan fingerprint density at radius 3 is 1.78 bits per heavy atom. The number of nitrogens with zero attached hydrogens (tertiary/aromatic N) is 1. The summed E-state index contributed by atoms with van der Waals surface area (Å²) >= 11 is 0. The van der Waals surface area contributed by atoms with Crippen molar-refractivity contribution in [2.75, 3.05) is 26.9 Å². The van der Waals surface area contributed by atoms with E-state index in [1.165, 1.54) is 64.2 Å². The summed E-state index contributed by atoms with van der Waals surface area (Å²) in [6, 6.07) is 4.79. The first kappa shape index (κ1) is 32.1. The summed E-state index contributed by atoms with van der Waals surface area (Å²) in [5, 5.41) is 0. The van der Waals surface area contributed by atoms with Crippen molar-refractivity contribution in [3.8, 4) is 0 Å². The second-order valence-corrected chi connectivity index (χ2v) is 9.82. The molecule has 0 saturated heterocycles. The minimum absolute atomic E-state index is 0.135. The lowest BCUT2D eigenvalue weighted by molar-refractivity contribution is 0.0392. The van der Waals surface area contributed by atoms with E-state index in [-0.39, 0.29) is 17.3 Å². The number of aromatic nitrogens is 1. The molecule has 0 aliphatic carbocycles. The topological polar surface area (TPSA) is 74.7 Å². The Morgan fingerprint density at radius 2 is 1.22 bits per heavy atom. The van der Waals surface area contributed by atoms with Gasteiger partial charge in [0.1, 0.15) is 11.4 Å². The monoisotopic (exact) mass is 505 g/mol. The van der Waals surface area contributed by atoms with E-state index in [0.29, 0.717) is 19.8 Å². The molecule has 1 atom stereocenters. The van der Waals surface area contributed by atoms with Crippen LogP contribution in [0.3, 0.4) is 0 Å². The molecular weight excluding hydrogens is 454 g/mol. The molecule has 1 heterocycles. The average Bonchev–Trinajstić information content (AvgIpc) is 2.90. The Kier molecular flexibility index (Phi) is 19.8. The van der Waals surface area contributed by atoms with Gasteiger partial charge in [-0.2, -0.15) is 0 Å². The summed E-state index contributed by atoms with van der Waals surface area (Å²) in [5.74, 6) is -0.740. The maximum Gasteiger partial charge on any atom is 0.356 e. The van der Waals surface area contributed by atoms with E-state index < -0.39 is 11.9 Å². The third kappa shape index (κ3) is 15.9. The largest absolute Gasteiger partial charge is 0.461 e. The Morgan fingerprint density at radius 1 is 0.694 bits per heavy atom. The van der Waals surface area contributed by atoms with Crippen LogP contribution in [0.4, 0.5) is 0 Å². The highest BCUT2D eigenvalue weighted by atomic mass is 16.5. The van der Waals surface area contributed by atoms with Crippen molar-refractivity contribution in [3.63, 3.8) is 0 Å². The number of hydrogen-bond acceptors (Lipinski definition) is 6. The number of carbonyl (C=O) groups excluding carboxylic acids is 2. The second kappa shape index (κ2) is 22.3. The van der Waals surface area contributed by atoms with Crippen LogP contribution in [0.5, 0.6) is 0 Å². The fourth-order valence-electron chi connectivity index (χ4n) is 4.20. The van der Waals surface area contributed by atoms with Gasteiger partial charge in [0.2, 0.25) is 0 Å². The van der Waals surface area contributed by atoms with Gasteiger partial charge < -0.3 is 14.2 Å². The number of pyridine rings is 1. The number of ether oxygens (including phenoxy) is 3. The Hall–Kier alpha value is -1.95. The SMILES string of the molecule is CCCCCCCCCCCCCCOC(=O)c1cccc(C(=O)OCC(CCCC)CCOC)n1. The van der Waals surface area contributed by atoms with Crippen molar-refractivity contribution < 1.29 is 23.8 Å². The fraction of sp³-hybridized carbons (Fsp3) is 0.767. The molecule has 1 aromatic heterocycles. The summed E-state index contributed by atoms with van der Waals surface area (Å²) in [7, 11) is 1.68. The van der Waals surface area contributed by atoms with Crippen molar-refractivity contribution in [2.45, 2.75) is 117 Å². The highest BCUT2D eigenvalue weighted by molar-refractivity contribution is 5.91. The zero-order chi connectivity index (χ0) is 26.3. The van der Waals surface area contributed by atoms with Crippen LogP contribution in [0.15, 0.2) is 18.2 Å². The van der Waals surface area contributed by atoms with Crippen molar-refractivity contribution in [1.29, 1.82) is 0 Å². The van der Waals surface area contributed by atoms with E-state index in [9.17, 15) is 9.59 Å². The maximum atomic E-state index is 12.5. The Labute approximate surface area is 219 Å². The Balaban J connectivity index is 2.24. The van der Waals surface area contributed by atoms with E-state index in [2.05, 4.69) is 18.8 Å². The molecule has 0 aromatic carbocycles. The number of rotatable bonds is 23. The van der Waals surface area contributed by atoms with Gasteiger partial charge in [0.15, 0.2) is 0 Å². The predicted molar refractivity (Wildman–Crippen MR) is 145 cm³/mol. The number of unbranched alkanes of at least 4 members (excludes halogenated alkanes) is 12. The summed E-state index contributed by atoms with van der Waals surface area (Å²) in [6.07, 6.45) is 19.2. The molecule has 1 unspecified atom stereocenters. The molecule has 0 fully saturated rings. The van der Waals surface area contributed by atoms with Gasteiger partial charge in [0.05, 0.1) is 13.2 Å². The van der Waals surface area contributed by atoms with Crippen LogP contribution in [-0.4, -0.2) is 43.9 Å². The maximum absolute atomic E-state index is 12.5. The third-order valence-electron chi connectivity index (χ3n) is 6.54. The van der Waals surface area contributed by atoms with Crippen molar-refractivity contribution >= 4 is 11.9 Å². The summed E-state index contributed by atoms with van der Waals surface area (Å²) in [6.45, 7) is 5.75. The van der Waals surface area contributed by atoms with Gasteiger partial charge in [-0.25, -0.2) is 14.6 Å². The van der Waals surface area contributed by atoms with Crippen LogP contribution in [0, 0.1) is 5.92 Å². The standard InChI is InChI=1S/C30H51NO5/c1-4-6-8-9-10-11-12-13-14-15-16-17-23-35-29(32)27-20-18-21-28(31-27)30(33)36-25-26(19-7-5-2)22-24-34-3/h18,20-21,26H,4-17,19,22-25H2,1-3H3. The van der Waals surface area contributed by atoms with Crippen molar-refractivity contribution in [2.24, 2.45) is 5.92 Å². The smallest absolute Gasteiger partial charge is 0.356 e. The first-order valence-electron chi connectivity index (χ1n) is 14.4. The predicted octanol–water partition coefficient (Wildman–Crippen LogP) is 7.94. The minimum Gasteiger partial charge on any atom is -0.461 e. The summed E-state index contributed by atoms with van der Waals surface area (Å²) in [4.78, 5) is 29.0. The zero-order valence-corrected chi connectivity index (χ0v) is 23.2. The number of carbonyl (C=O) groups is 2. The second-order valence-electron chi connectivity index (χ2n) is 9.82. The number of methoxy groups -OCH3 is 1. The highest BCUT2D eigenvalue weighted by Gasteiger charge is 2.17. The molecule has 0 saturated carbocycles. The van der Waals surface area contributed by atoms with Gasteiger partial charge in [0, 0.05) is 13.7 Å². The fourth-order valence-corrected chi connectivity index (χ4v) is 4.20. The van der Waals surface area contributed by atoms with Crippen molar-refractivity contribution in [1.82, 2.24) is 4.98 Å². The van der Waals surface area contributed by atoms with Crippen LogP contribution in [0.1, 0.15) is 138 Å². The molecule has 0 amide bonds. The van der Waals surface area contributed by atoms with Gasteiger partial charge in [-0.05, 0) is 37.3 Å². The van der Waals surface area contributed by atoms with Crippen LogP contribution in [0.25, 0.3) is 0 Å². The molecule has 1 rings (SSSR count). The summed E-state index contributed by atoms with van der Waals surface area (Å²) in [5.41, 5.74) is 0.279. The third-order valence-corrected chi connectivity index (χ3v) is 6.54. The molecule has 0 radical (unpaired) electrons. The summed E-state index contributed by atoms with van der Waals surface area (Å²) < 4.78 is 16.0. The minimum atomic E-state index is -0.510. The zero-order valence-electron chi connectivity index (χ0n) is 23.2. The molecule has 36 heavy (non-hydrogen) atoms. The lowest BCUT2D eigenvalue weighted by Gasteiger charge is -2.16. The average molecular weight is 506 g/mol. The van der Waals surface area contributed by atoms with E-state index in [1.807, 2.05) is 0 Å². The van der Waals surface area contributed by atoms with E-state index in [1.54, 1.807) is 25.3 Å². The van der Waals surface area contributed by atoms with Crippen LogP contribution in [0.2, 0.25) is 0 Å².